The fourth-order valence-electron chi connectivity index (χ4n) is 2.45. The molecule has 5 heteroatoms. The molecular formula is C16H30N2O3. The van der Waals surface area contributed by atoms with E-state index in [2.05, 4.69) is 20.8 Å². The summed E-state index contributed by atoms with van der Waals surface area (Å²) < 4.78 is 5.66. The Morgan fingerprint density at radius 3 is 2.33 bits per heavy atom. The van der Waals surface area contributed by atoms with Crippen molar-refractivity contribution in [3.05, 3.63) is 0 Å². The normalized spacial score (nSPS) is 22.9. The zero-order valence-corrected chi connectivity index (χ0v) is 14.2. The maximum Gasteiger partial charge on any atom is 0.225 e. The number of amides is 1. The molecule has 1 aliphatic heterocycles. The molecule has 0 saturated carbocycles. The standard InChI is InChI=1S/C16H30N2O3/c1-15(2,3)11-7-13(19)18(10-21-9-11)12(8-17)14(20)16(4,5)6/h11-12H,7-10,17H2,1-6H3/t11?,12-/m0/s1. The third kappa shape index (κ3) is 4.51. The summed E-state index contributed by atoms with van der Waals surface area (Å²) in [4.78, 5) is 26.6. The lowest BCUT2D eigenvalue weighted by atomic mass is 9.79. The van der Waals surface area contributed by atoms with Gasteiger partial charge in [-0.2, -0.15) is 0 Å². The molecule has 1 aliphatic rings. The number of hydrogen-bond donors (Lipinski definition) is 1. The van der Waals surface area contributed by atoms with Crippen molar-refractivity contribution in [2.45, 2.75) is 54.0 Å². The Balaban J connectivity index is 2.92. The first kappa shape index (κ1) is 18.1. The molecule has 0 aromatic heterocycles. The molecule has 5 nitrogen and oxygen atoms in total. The molecule has 1 rings (SSSR count). The first-order chi connectivity index (χ1) is 9.48. The van der Waals surface area contributed by atoms with Crippen molar-refractivity contribution in [3.63, 3.8) is 0 Å². The molecule has 0 aromatic carbocycles. The van der Waals surface area contributed by atoms with Gasteiger partial charge in [-0.1, -0.05) is 41.5 Å². The predicted octanol–water partition coefficient (Wildman–Crippen LogP) is 1.80. The number of nitrogens with two attached hydrogens (primary N) is 1. The Hall–Kier alpha value is -0.940. The summed E-state index contributed by atoms with van der Waals surface area (Å²) in [6, 6.07) is -0.601. The quantitative estimate of drug-likeness (QED) is 0.862. The van der Waals surface area contributed by atoms with Crippen LogP contribution in [0.1, 0.15) is 48.0 Å². The van der Waals surface area contributed by atoms with E-state index >= 15 is 0 Å². The molecule has 2 N–H and O–H groups in total. The van der Waals surface area contributed by atoms with Gasteiger partial charge in [-0.25, -0.2) is 0 Å². The average molecular weight is 298 g/mol. The number of nitrogens with zero attached hydrogens (tertiary/aromatic N) is 1. The summed E-state index contributed by atoms with van der Waals surface area (Å²) in [5.74, 6) is 0.0924. The van der Waals surface area contributed by atoms with Crippen molar-refractivity contribution in [3.8, 4) is 0 Å². The zero-order chi connectivity index (χ0) is 16.4. The number of carbonyl (C=O) groups is 2. The summed E-state index contributed by atoms with van der Waals surface area (Å²) in [5.41, 5.74) is 5.23. The number of ketones is 1. The number of Topliss-reactive ketones (excluding diaryl/α,β-unsaturated/α-hetero) is 1. The molecule has 1 heterocycles. The fourth-order valence-corrected chi connectivity index (χ4v) is 2.45. The van der Waals surface area contributed by atoms with Gasteiger partial charge in [0, 0.05) is 18.4 Å². The van der Waals surface area contributed by atoms with Crippen LogP contribution in [0.25, 0.3) is 0 Å². The lowest BCUT2D eigenvalue weighted by molar-refractivity contribution is -0.146. The molecule has 1 unspecified atom stereocenters. The summed E-state index contributed by atoms with van der Waals surface area (Å²) in [6.07, 6.45) is 0.400. The smallest absolute Gasteiger partial charge is 0.225 e. The van der Waals surface area contributed by atoms with Crippen molar-refractivity contribution < 1.29 is 14.3 Å². The first-order valence-corrected chi connectivity index (χ1v) is 7.60. The Labute approximate surface area is 128 Å². The molecule has 1 fully saturated rings. The van der Waals surface area contributed by atoms with Gasteiger partial charge in [0.05, 0.1) is 6.61 Å². The highest BCUT2D eigenvalue weighted by atomic mass is 16.5. The van der Waals surface area contributed by atoms with Crippen LogP contribution in [0.3, 0.4) is 0 Å². The van der Waals surface area contributed by atoms with Gasteiger partial charge in [-0.3, -0.25) is 9.59 Å². The molecule has 0 bridgehead atoms. The Kier molecular flexibility index (Phi) is 5.56. The number of carbonyl (C=O) groups excluding carboxylic acids is 2. The van der Waals surface area contributed by atoms with Crippen LogP contribution in [-0.2, 0) is 14.3 Å². The van der Waals surface area contributed by atoms with Crippen molar-refractivity contribution >= 4 is 11.7 Å². The second-order valence-electron chi connectivity index (χ2n) is 8.00. The molecule has 0 aliphatic carbocycles. The van der Waals surface area contributed by atoms with Crippen molar-refractivity contribution in [1.82, 2.24) is 4.90 Å². The third-order valence-electron chi connectivity index (χ3n) is 4.16. The highest BCUT2D eigenvalue weighted by molar-refractivity contribution is 5.92. The Morgan fingerprint density at radius 2 is 1.90 bits per heavy atom. The van der Waals surface area contributed by atoms with E-state index in [0.29, 0.717) is 13.0 Å². The lowest BCUT2D eigenvalue weighted by Crippen LogP contribution is -2.52. The van der Waals surface area contributed by atoms with Crippen LogP contribution >= 0.6 is 0 Å². The molecule has 1 amide bonds. The minimum absolute atomic E-state index is 0.00207. The third-order valence-corrected chi connectivity index (χ3v) is 4.16. The van der Waals surface area contributed by atoms with Crippen LogP contribution in [0, 0.1) is 16.7 Å². The second kappa shape index (κ2) is 6.44. The largest absolute Gasteiger partial charge is 0.361 e. The van der Waals surface area contributed by atoms with Gasteiger partial charge in [-0.05, 0) is 11.3 Å². The van der Waals surface area contributed by atoms with Crippen LogP contribution in [0.15, 0.2) is 0 Å². The van der Waals surface area contributed by atoms with E-state index in [0.717, 1.165) is 0 Å². The van der Waals surface area contributed by atoms with E-state index < -0.39 is 11.5 Å². The molecule has 2 atom stereocenters. The minimum atomic E-state index is -0.601. The number of hydrogen-bond acceptors (Lipinski definition) is 4. The monoisotopic (exact) mass is 298 g/mol. The highest BCUT2D eigenvalue weighted by Crippen LogP contribution is 2.32. The lowest BCUT2D eigenvalue weighted by Gasteiger charge is -2.33. The van der Waals surface area contributed by atoms with E-state index in [9.17, 15) is 9.59 Å². The van der Waals surface area contributed by atoms with Crippen molar-refractivity contribution in [2.24, 2.45) is 22.5 Å². The van der Waals surface area contributed by atoms with E-state index in [1.165, 1.54) is 4.90 Å². The molecule has 0 spiro atoms. The summed E-state index contributed by atoms with van der Waals surface area (Å²) >= 11 is 0. The SMILES string of the molecule is CC(C)(C)C(=O)[C@H](CN)N1COCC(C(C)(C)C)CC1=O. The first-order valence-electron chi connectivity index (χ1n) is 7.60. The Bertz CT molecular complexity index is 393. The van der Waals surface area contributed by atoms with Crippen LogP contribution in [0.2, 0.25) is 0 Å². The van der Waals surface area contributed by atoms with Gasteiger partial charge in [0.15, 0.2) is 5.78 Å². The molecule has 0 radical (unpaired) electrons. The maximum atomic E-state index is 12.5. The van der Waals surface area contributed by atoms with Crippen molar-refractivity contribution in [2.75, 3.05) is 19.9 Å². The van der Waals surface area contributed by atoms with Gasteiger partial charge in [0.25, 0.3) is 0 Å². The summed E-state index contributed by atoms with van der Waals surface area (Å²) in [5, 5.41) is 0. The van der Waals surface area contributed by atoms with Gasteiger partial charge in [0.2, 0.25) is 5.91 Å². The Morgan fingerprint density at radius 1 is 1.33 bits per heavy atom. The van der Waals surface area contributed by atoms with Gasteiger partial charge in [-0.15, -0.1) is 0 Å². The highest BCUT2D eigenvalue weighted by Gasteiger charge is 2.39. The van der Waals surface area contributed by atoms with Crippen LogP contribution in [-0.4, -0.2) is 42.5 Å². The van der Waals surface area contributed by atoms with Gasteiger partial charge < -0.3 is 15.4 Å². The zero-order valence-electron chi connectivity index (χ0n) is 14.2. The topological polar surface area (TPSA) is 72.6 Å². The molecule has 0 aromatic rings. The van der Waals surface area contributed by atoms with Crippen LogP contribution in [0.5, 0.6) is 0 Å². The molecule has 122 valence electrons. The summed E-state index contributed by atoms with van der Waals surface area (Å²) in [6.45, 7) is 12.7. The van der Waals surface area contributed by atoms with Crippen molar-refractivity contribution in [1.29, 1.82) is 0 Å². The van der Waals surface area contributed by atoms with Crippen LogP contribution < -0.4 is 5.73 Å². The maximum absolute atomic E-state index is 12.5. The van der Waals surface area contributed by atoms with E-state index in [1.54, 1.807) is 0 Å². The predicted molar refractivity (Wildman–Crippen MR) is 82.5 cm³/mol. The minimum Gasteiger partial charge on any atom is -0.361 e. The molecule has 21 heavy (non-hydrogen) atoms. The van der Waals surface area contributed by atoms with Gasteiger partial charge in [0.1, 0.15) is 12.8 Å². The number of rotatable bonds is 3. The molecule has 1 saturated heterocycles. The molecular weight excluding hydrogens is 268 g/mol. The average Bonchev–Trinajstić information content (AvgIpc) is 2.51. The second-order valence-corrected chi connectivity index (χ2v) is 8.00. The summed E-state index contributed by atoms with van der Waals surface area (Å²) in [7, 11) is 0. The number of ether oxygens (including phenoxy) is 1. The van der Waals surface area contributed by atoms with E-state index in [4.69, 9.17) is 10.5 Å². The van der Waals surface area contributed by atoms with E-state index in [-0.39, 0.29) is 36.3 Å². The van der Waals surface area contributed by atoms with Crippen LogP contribution in [0.4, 0.5) is 0 Å². The fraction of sp³-hybridized carbons (Fsp3) is 0.875. The van der Waals surface area contributed by atoms with E-state index in [1.807, 2.05) is 20.8 Å². The van der Waals surface area contributed by atoms with Gasteiger partial charge >= 0.3 is 0 Å².